The Balaban J connectivity index is 2.47. The number of para-hydroxylation sites is 1. The number of hydrogen-bond donors (Lipinski definition) is 1. The summed E-state index contributed by atoms with van der Waals surface area (Å²) in [5.41, 5.74) is 11.3. The highest BCUT2D eigenvalue weighted by Gasteiger charge is 2.19. The Hall–Kier alpha value is -2.29. The molecule has 3 nitrogen and oxygen atoms in total. The van der Waals surface area contributed by atoms with Crippen LogP contribution in [0.2, 0.25) is 0 Å². The van der Waals surface area contributed by atoms with Gasteiger partial charge in [0.15, 0.2) is 0 Å². The van der Waals surface area contributed by atoms with Crippen molar-refractivity contribution in [2.45, 2.75) is 27.7 Å². The van der Waals surface area contributed by atoms with E-state index in [-0.39, 0.29) is 5.91 Å². The lowest BCUT2D eigenvalue weighted by Crippen LogP contribution is -2.31. The van der Waals surface area contributed by atoms with Gasteiger partial charge >= 0.3 is 0 Å². The largest absolute Gasteiger partial charge is 0.398 e. The number of benzene rings is 2. The third-order valence-corrected chi connectivity index (χ3v) is 3.81. The van der Waals surface area contributed by atoms with Crippen molar-refractivity contribution in [1.29, 1.82) is 0 Å². The predicted octanol–water partition coefficient (Wildman–Crippen LogP) is 3.86. The van der Waals surface area contributed by atoms with Crippen LogP contribution in [0.4, 0.5) is 11.4 Å². The maximum Gasteiger partial charge on any atom is 0.258 e. The normalized spacial score (nSPS) is 10.5. The molecule has 2 N–H and O–H groups in total. The van der Waals surface area contributed by atoms with E-state index in [4.69, 9.17) is 5.73 Å². The molecule has 0 aromatic heterocycles. The first kappa shape index (κ1) is 15.1. The zero-order chi connectivity index (χ0) is 15.6. The van der Waals surface area contributed by atoms with E-state index in [1.165, 1.54) is 0 Å². The van der Waals surface area contributed by atoms with Crippen molar-refractivity contribution in [3.05, 3.63) is 58.7 Å². The summed E-state index contributed by atoms with van der Waals surface area (Å²) >= 11 is 0. The lowest BCUT2D eigenvalue weighted by molar-refractivity contribution is 0.0987. The summed E-state index contributed by atoms with van der Waals surface area (Å²) < 4.78 is 0. The fraction of sp³-hybridized carbons (Fsp3) is 0.278. The number of anilines is 2. The molecule has 0 radical (unpaired) electrons. The van der Waals surface area contributed by atoms with E-state index in [1.807, 2.05) is 58.0 Å². The SMILES string of the molecule is CCN(C(=O)c1cc(N)c(C)cc1C)c1ccccc1C. The third kappa shape index (κ3) is 2.92. The van der Waals surface area contributed by atoms with E-state index < -0.39 is 0 Å². The summed E-state index contributed by atoms with van der Waals surface area (Å²) in [5.74, 6) is -0.00370. The zero-order valence-corrected chi connectivity index (χ0v) is 13.1. The van der Waals surface area contributed by atoms with Crippen LogP contribution in [0, 0.1) is 20.8 Å². The smallest absolute Gasteiger partial charge is 0.258 e. The van der Waals surface area contributed by atoms with Crippen LogP contribution in [0.1, 0.15) is 34.0 Å². The molecule has 0 heterocycles. The Morgan fingerprint density at radius 1 is 1.05 bits per heavy atom. The van der Waals surface area contributed by atoms with Gasteiger partial charge in [0.2, 0.25) is 0 Å². The van der Waals surface area contributed by atoms with Crippen LogP contribution in [0.25, 0.3) is 0 Å². The zero-order valence-electron chi connectivity index (χ0n) is 13.1. The van der Waals surface area contributed by atoms with Crippen LogP contribution in [0.15, 0.2) is 36.4 Å². The lowest BCUT2D eigenvalue weighted by Gasteiger charge is -2.24. The van der Waals surface area contributed by atoms with Crippen molar-refractivity contribution in [3.63, 3.8) is 0 Å². The Morgan fingerprint density at radius 2 is 1.71 bits per heavy atom. The Bertz CT molecular complexity index is 677. The topological polar surface area (TPSA) is 46.3 Å². The van der Waals surface area contributed by atoms with Gasteiger partial charge in [-0.25, -0.2) is 0 Å². The van der Waals surface area contributed by atoms with Crippen LogP contribution >= 0.6 is 0 Å². The first-order chi connectivity index (χ1) is 9.95. The van der Waals surface area contributed by atoms with Gasteiger partial charge in [-0.2, -0.15) is 0 Å². The molecule has 1 amide bonds. The Kier molecular flexibility index (Phi) is 4.32. The number of hydrogen-bond acceptors (Lipinski definition) is 2. The minimum Gasteiger partial charge on any atom is -0.398 e. The summed E-state index contributed by atoms with van der Waals surface area (Å²) in [6, 6.07) is 11.7. The fourth-order valence-electron chi connectivity index (χ4n) is 2.53. The van der Waals surface area contributed by atoms with Crippen LogP contribution in [-0.2, 0) is 0 Å². The number of aryl methyl sites for hydroxylation is 3. The maximum absolute atomic E-state index is 12.9. The average Bonchev–Trinajstić information content (AvgIpc) is 2.45. The van der Waals surface area contributed by atoms with Crippen LogP contribution in [0.3, 0.4) is 0 Å². The lowest BCUT2D eigenvalue weighted by atomic mass is 10.0. The monoisotopic (exact) mass is 282 g/mol. The van der Waals surface area contributed by atoms with E-state index in [2.05, 4.69) is 0 Å². The van der Waals surface area contributed by atoms with Crippen molar-refractivity contribution in [2.24, 2.45) is 0 Å². The predicted molar refractivity (Wildman–Crippen MR) is 88.9 cm³/mol. The second-order valence-electron chi connectivity index (χ2n) is 5.36. The maximum atomic E-state index is 12.9. The van der Waals surface area contributed by atoms with E-state index >= 15 is 0 Å². The molecule has 3 heteroatoms. The number of carbonyl (C=O) groups excluding carboxylic acids is 1. The highest BCUT2D eigenvalue weighted by molar-refractivity contribution is 6.08. The molecule has 0 atom stereocenters. The molecule has 0 unspecified atom stereocenters. The second kappa shape index (κ2) is 6.00. The van der Waals surface area contributed by atoms with Crippen LogP contribution < -0.4 is 10.6 Å². The summed E-state index contributed by atoms with van der Waals surface area (Å²) in [4.78, 5) is 14.7. The number of amides is 1. The molecule has 0 fully saturated rings. The van der Waals surface area contributed by atoms with Gasteiger partial charge in [0.1, 0.15) is 0 Å². The standard InChI is InChI=1S/C18H22N2O/c1-5-20(17-9-7-6-8-12(17)2)18(21)15-11-16(19)14(4)10-13(15)3/h6-11H,5,19H2,1-4H3. The Morgan fingerprint density at radius 3 is 2.33 bits per heavy atom. The quantitative estimate of drug-likeness (QED) is 0.869. The molecule has 110 valence electrons. The van der Waals surface area contributed by atoms with Crippen molar-refractivity contribution >= 4 is 17.3 Å². The first-order valence-corrected chi connectivity index (χ1v) is 7.20. The molecule has 0 aliphatic rings. The number of rotatable bonds is 3. The van der Waals surface area contributed by atoms with Gasteiger partial charge in [-0.3, -0.25) is 4.79 Å². The average molecular weight is 282 g/mol. The van der Waals surface area contributed by atoms with Gasteiger partial charge in [0.05, 0.1) is 0 Å². The Labute approximate surface area is 126 Å². The summed E-state index contributed by atoms with van der Waals surface area (Å²) in [5, 5.41) is 0. The van der Waals surface area contributed by atoms with Gasteiger partial charge < -0.3 is 10.6 Å². The van der Waals surface area contributed by atoms with Crippen molar-refractivity contribution in [1.82, 2.24) is 0 Å². The van der Waals surface area contributed by atoms with E-state index in [9.17, 15) is 4.79 Å². The van der Waals surface area contributed by atoms with Gasteiger partial charge in [-0.05, 0) is 56.5 Å². The minimum atomic E-state index is -0.00370. The molecular weight excluding hydrogens is 260 g/mol. The molecule has 2 aromatic rings. The number of nitrogens with two attached hydrogens (primary N) is 1. The van der Waals surface area contributed by atoms with Gasteiger partial charge in [0.25, 0.3) is 5.91 Å². The summed E-state index contributed by atoms with van der Waals surface area (Å²) in [6.45, 7) is 8.52. The first-order valence-electron chi connectivity index (χ1n) is 7.20. The van der Waals surface area contributed by atoms with E-state index in [0.29, 0.717) is 17.8 Å². The van der Waals surface area contributed by atoms with Gasteiger partial charge in [-0.1, -0.05) is 24.3 Å². The molecule has 0 spiro atoms. The molecular formula is C18H22N2O. The van der Waals surface area contributed by atoms with Crippen LogP contribution in [-0.4, -0.2) is 12.5 Å². The number of nitrogens with zero attached hydrogens (tertiary/aromatic N) is 1. The minimum absolute atomic E-state index is 0.00370. The second-order valence-corrected chi connectivity index (χ2v) is 5.36. The van der Waals surface area contributed by atoms with Crippen molar-refractivity contribution in [3.8, 4) is 0 Å². The fourth-order valence-corrected chi connectivity index (χ4v) is 2.53. The van der Waals surface area contributed by atoms with Gasteiger partial charge in [0, 0.05) is 23.5 Å². The molecule has 21 heavy (non-hydrogen) atoms. The molecule has 0 saturated carbocycles. The highest BCUT2D eigenvalue weighted by atomic mass is 16.2. The van der Waals surface area contributed by atoms with Crippen molar-refractivity contribution in [2.75, 3.05) is 17.2 Å². The molecule has 0 aliphatic heterocycles. The molecule has 0 bridgehead atoms. The molecule has 0 saturated heterocycles. The molecule has 0 aliphatic carbocycles. The number of carbonyl (C=O) groups is 1. The van der Waals surface area contributed by atoms with Gasteiger partial charge in [-0.15, -0.1) is 0 Å². The molecule has 2 aromatic carbocycles. The third-order valence-electron chi connectivity index (χ3n) is 3.81. The molecule has 2 rings (SSSR count). The van der Waals surface area contributed by atoms with E-state index in [0.717, 1.165) is 22.4 Å². The summed E-state index contributed by atoms with van der Waals surface area (Å²) in [6.07, 6.45) is 0. The van der Waals surface area contributed by atoms with Crippen molar-refractivity contribution < 1.29 is 4.79 Å². The van der Waals surface area contributed by atoms with Crippen LogP contribution in [0.5, 0.6) is 0 Å². The number of nitrogen functional groups attached to an aromatic ring is 1. The summed E-state index contributed by atoms with van der Waals surface area (Å²) in [7, 11) is 0. The van der Waals surface area contributed by atoms with E-state index in [1.54, 1.807) is 11.0 Å². The highest BCUT2D eigenvalue weighted by Crippen LogP contribution is 2.24.